The number of hydrogen-bond donors (Lipinski definition) is 2. The van der Waals surface area contributed by atoms with Crippen molar-refractivity contribution < 1.29 is 18.9 Å². The Morgan fingerprint density at radius 1 is 0.455 bits per heavy atom. The lowest BCUT2D eigenvalue weighted by Crippen LogP contribution is -2.06. The average molecular weight is 755 g/mol. The molecule has 0 spiro atoms. The van der Waals surface area contributed by atoms with E-state index in [0.717, 1.165) is 49.4 Å². The van der Waals surface area contributed by atoms with Crippen molar-refractivity contribution in [3.63, 3.8) is 0 Å². The van der Waals surface area contributed by atoms with Gasteiger partial charge in [-0.3, -0.25) is 9.79 Å². The molecule has 6 aromatic carbocycles. The second-order valence-electron chi connectivity index (χ2n) is 17.3. The zero-order chi connectivity index (χ0) is 40.1. The summed E-state index contributed by atoms with van der Waals surface area (Å²) in [5, 5.41) is 3.89. The van der Waals surface area contributed by atoms with Crippen molar-refractivity contribution >= 4 is 29.4 Å². The van der Waals surface area contributed by atoms with Gasteiger partial charge in [-0.1, -0.05) is 156 Å². The summed E-state index contributed by atoms with van der Waals surface area (Å²) < 4.78 is 19.3. The number of hydrogen-bond acceptors (Lipinski definition) is 2. The third-order valence-electron chi connectivity index (χ3n) is 11.2. The van der Waals surface area contributed by atoms with Crippen LogP contribution in [0, 0.1) is 0 Å². The molecule has 0 saturated heterocycles. The standard InChI is InChI=1S/C50H59O4P/c1-28(2)36-23-41(30(5)6)47(42(24-36)31(7)8)38-21-34-17-13-15-19-39(34)45(27-38)49-40-20-16-14-18-35(40)22-46(50(49)54-55(51,52)53)48-43(32(9)10)25-37(29(3)4)26-44(48)33(11)12/h13-33H,1-12H3,(H2,51,52,53). The van der Waals surface area contributed by atoms with E-state index in [4.69, 9.17) is 4.52 Å². The quantitative estimate of drug-likeness (QED) is 0.129. The van der Waals surface area contributed by atoms with Gasteiger partial charge in [-0.05, 0) is 131 Å². The van der Waals surface area contributed by atoms with Gasteiger partial charge in [0.15, 0.2) is 0 Å². The van der Waals surface area contributed by atoms with Crippen molar-refractivity contribution in [3.05, 3.63) is 124 Å². The molecule has 0 amide bonds. The van der Waals surface area contributed by atoms with E-state index in [2.05, 4.69) is 150 Å². The molecule has 0 radical (unpaired) electrons. The molecule has 0 heterocycles. The van der Waals surface area contributed by atoms with Crippen LogP contribution >= 0.6 is 7.82 Å². The fourth-order valence-electron chi connectivity index (χ4n) is 8.21. The lowest BCUT2D eigenvalue weighted by Gasteiger charge is -2.27. The van der Waals surface area contributed by atoms with Crippen LogP contribution in [-0.4, -0.2) is 9.79 Å². The predicted molar refractivity (Wildman–Crippen MR) is 235 cm³/mol. The Labute approximate surface area is 329 Å². The number of fused-ring (bicyclic) bond motifs is 2. The summed E-state index contributed by atoms with van der Waals surface area (Å²) in [4.78, 5) is 21.5. The van der Waals surface area contributed by atoms with E-state index in [0.29, 0.717) is 23.0 Å². The van der Waals surface area contributed by atoms with Crippen molar-refractivity contribution in [1.82, 2.24) is 0 Å². The third kappa shape index (κ3) is 8.06. The first-order chi connectivity index (χ1) is 25.9. The van der Waals surface area contributed by atoms with E-state index in [9.17, 15) is 14.4 Å². The first kappa shape index (κ1) is 40.5. The maximum atomic E-state index is 13.2. The molecule has 0 atom stereocenters. The minimum atomic E-state index is -5.05. The molecular formula is C50H59O4P. The molecule has 6 rings (SSSR count). The van der Waals surface area contributed by atoms with Gasteiger partial charge in [0, 0.05) is 11.1 Å². The van der Waals surface area contributed by atoms with Gasteiger partial charge in [0.25, 0.3) is 0 Å². The fraction of sp³-hybridized carbons (Fsp3) is 0.360. The molecule has 288 valence electrons. The molecule has 0 unspecified atom stereocenters. The van der Waals surface area contributed by atoms with Gasteiger partial charge in [-0.25, -0.2) is 4.57 Å². The van der Waals surface area contributed by atoms with Crippen LogP contribution in [-0.2, 0) is 4.57 Å². The van der Waals surface area contributed by atoms with Crippen LogP contribution in [0.5, 0.6) is 5.75 Å². The average Bonchev–Trinajstić information content (AvgIpc) is 3.12. The van der Waals surface area contributed by atoms with Gasteiger partial charge in [0.05, 0.1) is 0 Å². The van der Waals surface area contributed by atoms with Crippen LogP contribution in [0.3, 0.4) is 0 Å². The van der Waals surface area contributed by atoms with Crippen LogP contribution in [0.15, 0.2) is 91.0 Å². The van der Waals surface area contributed by atoms with Crippen LogP contribution in [0.2, 0.25) is 0 Å². The molecule has 55 heavy (non-hydrogen) atoms. The SMILES string of the molecule is CC(C)c1cc(C(C)C)c(-c2cc(-c3c(OP(=O)(O)O)c(-c4c(C(C)C)cc(C(C)C)cc4C(C)C)cc4ccccc34)c3ccccc3c2)c(C(C)C)c1. The maximum Gasteiger partial charge on any atom is 0.524 e. The molecule has 4 nitrogen and oxygen atoms in total. The first-order valence-corrected chi connectivity index (χ1v) is 21.6. The summed E-state index contributed by atoms with van der Waals surface area (Å²) in [7, 11) is -5.05. The summed E-state index contributed by atoms with van der Waals surface area (Å²) >= 11 is 0. The van der Waals surface area contributed by atoms with Crippen LogP contribution in [0.1, 0.15) is 152 Å². The topological polar surface area (TPSA) is 66.8 Å². The van der Waals surface area contributed by atoms with Gasteiger partial charge in [0.2, 0.25) is 0 Å². The molecule has 5 heteroatoms. The number of phosphoric acid groups is 1. The van der Waals surface area contributed by atoms with Gasteiger partial charge < -0.3 is 4.52 Å². The van der Waals surface area contributed by atoms with E-state index in [-0.39, 0.29) is 29.4 Å². The van der Waals surface area contributed by atoms with Crippen molar-refractivity contribution in [2.75, 3.05) is 0 Å². The zero-order valence-electron chi connectivity index (χ0n) is 34.8. The lowest BCUT2D eigenvalue weighted by atomic mass is 9.79. The monoisotopic (exact) mass is 754 g/mol. The smallest absolute Gasteiger partial charge is 0.403 e. The largest absolute Gasteiger partial charge is 0.524 e. The molecule has 6 aromatic rings. The Hall–Kier alpha value is -4.21. The van der Waals surface area contributed by atoms with E-state index in [1.54, 1.807) is 0 Å². The summed E-state index contributed by atoms with van der Waals surface area (Å²) in [6, 6.07) is 32.5. The predicted octanol–water partition coefficient (Wildman–Crippen LogP) is 15.2. The normalized spacial score (nSPS) is 12.5. The van der Waals surface area contributed by atoms with Crippen LogP contribution in [0.4, 0.5) is 0 Å². The highest BCUT2D eigenvalue weighted by atomic mass is 31.2. The second kappa shape index (κ2) is 15.7. The highest BCUT2D eigenvalue weighted by Gasteiger charge is 2.30. The number of benzene rings is 6. The van der Waals surface area contributed by atoms with E-state index in [1.165, 1.54) is 27.8 Å². The number of rotatable bonds is 11. The van der Waals surface area contributed by atoms with E-state index >= 15 is 0 Å². The molecule has 2 N–H and O–H groups in total. The molecule has 0 aliphatic heterocycles. The van der Waals surface area contributed by atoms with Crippen molar-refractivity contribution in [2.24, 2.45) is 0 Å². The van der Waals surface area contributed by atoms with Crippen molar-refractivity contribution in [2.45, 2.75) is 119 Å². The lowest BCUT2D eigenvalue weighted by molar-refractivity contribution is 0.284. The summed E-state index contributed by atoms with van der Waals surface area (Å²) in [5.74, 6) is 1.75. The van der Waals surface area contributed by atoms with Gasteiger partial charge >= 0.3 is 7.82 Å². The van der Waals surface area contributed by atoms with Gasteiger partial charge in [0.1, 0.15) is 5.75 Å². The third-order valence-corrected chi connectivity index (χ3v) is 11.6. The molecule has 0 fully saturated rings. The molecule has 0 bridgehead atoms. The van der Waals surface area contributed by atoms with E-state index in [1.807, 2.05) is 24.3 Å². The van der Waals surface area contributed by atoms with Gasteiger partial charge in [-0.2, -0.15) is 0 Å². The number of phosphoric ester groups is 1. The molecule has 0 aliphatic rings. The minimum Gasteiger partial charge on any atom is -0.403 e. The Bertz CT molecular complexity index is 2370. The summed E-state index contributed by atoms with van der Waals surface area (Å²) in [6.07, 6.45) is 0. The molecule has 0 saturated carbocycles. The highest BCUT2D eigenvalue weighted by molar-refractivity contribution is 7.46. The van der Waals surface area contributed by atoms with Crippen LogP contribution < -0.4 is 4.52 Å². The Morgan fingerprint density at radius 2 is 0.873 bits per heavy atom. The molecular weight excluding hydrogens is 696 g/mol. The Kier molecular flexibility index (Phi) is 11.6. The molecule has 0 aromatic heterocycles. The summed E-state index contributed by atoms with van der Waals surface area (Å²) in [6.45, 7) is 26.8. The van der Waals surface area contributed by atoms with Crippen molar-refractivity contribution in [1.29, 1.82) is 0 Å². The Morgan fingerprint density at radius 3 is 1.31 bits per heavy atom. The first-order valence-electron chi connectivity index (χ1n) is 20.1. The fourth-order valence-corrected chi connectivity index (χ4v) is 8.64. The highest BCUT2D eigenvalue weighted by Crippen LogP contribution is 2.55. The second-order valence-corrected chi connectivity index (χ2v) is 18.4. The zero-order valence-corrected chi connectivity index (χ0v) is 35.7. The van der Waals surface area contributed by atoms with Crippen LogP contribution in [0.25, 0.3) is 54.9 Å². The maximum absolute atomic E-state index is 13.2. The summed E-state index contributed by atoms with van der Waals surface area (Å²) in [5.41, 5.74) is 13.0. The van der Waals surface area contributed by atoms with E-state index < -0.39 is 7.82 Å². The Balaban J connectivity index is 1.85. The minimum absolute atomic E-state index is 0.144. The van der Waals surface area contributed by atoms with Crippen molar-refractivity contribution in [3.8, 4) is 39.1 Å². The molecule has 0 aliphatic carbocycles. The van der Waals surface area contributed by atoms with Gasteiger partial charge in [-0.15, -0.1) is 0 Å².